The van der Waals surface area contributed by atoms with Crippen LogP contribution in [0.3, 0.4) is 0 Å². The van der Waals surface area contributed by atoms with E-state index in [1.54, 1.807) is 4.90 Å². The molecule has 88 valence electrons. The first kappa shape index (κ1) is 12.7. The maximum atomic E-state index is 11.4. The van der Waals surface area contributed by atoms with E-state index >= 15 is 0 Å². The number of hydrogen-bond acceptors (Lipinski definition) is 3. The van der Waals surface area contributed by atoms with Gasteiger partial charge in [-0.3, -0.25) is 4.79 Å². The average molecular weight is 236 g/mol. The lowest BCUT2D eigenvalue weighted by Crippen LogP contribution is -2.31. The normalized spacial score (nSPS) is 25.9. The number of carbonyl (C=O) groups excluding carboxylic acids is 1. The van der Waals surface area contributed by atoms with Crippen molar-refractivity contribution in [2.24, 2.45) is 0 Å². The SMILES string of the molecule is CCOC1CN(C(=O)CCl)CC1OCC. The summed E-state index contributed by atoms with van der Waals surface area (Å²) in [6.07, 6.45) is -0.0239. The third-order valence-electron chi connectivity index (χ3n) is 2.44. The molecule has 2 unspecified atom stereocenters. The Hall–Kier alpha value is -0.320. The number of carbonyl (C=O) groups is 1. The van der Waals surface area contributed by atoms with E-state index in [9.17, 15) is 4.79 Å². The van der Waals surface area contributed by atoms with Gasteiger partial charge in [0, 0.05) is 26.3 Å². The number of amides is 1. The van der Waals surface area contributed by atoms with Gasteiger partial charge in [0.05, 0.1) is 0 Å². The molecule has 0 spiro atoms. The van der Waals surface area contributed by atoms with E-state index in [2.05, 4.69) is 0 Å². The lowest BCUT2D eigenvalue weighted by Gasteiger charge is -2.17. The average Bonchev–Trinajstić information content (AvgIpc) is 2.62. The summed E-state index contributed by atoms with van der Waals surface area (Å²) in [6.45, 7) is 6.33. The van der Waals surface area contributed by atoms with Crippen LogP contribution in [-0.4, -0.2) is 55.2 Å². The molecule has 1 saturated heterocycles. The topological polar surface area (TPSA) is 38.8 Å². The number of alkyl halides is 1. The minimum absolute atomic E-state index is 0.0119. The zero-order valence-electron chi connectivity index (χ0n) is 9.24. The van der Waals surface area contributed by atoms with Gasteiger partial charge in [-0.25, -0.2) is 0 Å². The van der Waals surface area contributed by atoms with Gasteiger partial charge in [-0.1, -0.05) is 0 Å². The van der Waals surface area contributed by atoms with Gasteiger partial charge in [-0.05, 0) is 13.8 Å². The van der Waals surface area contributed by atoms with Gasteiger partial charge >= 0.3 is 0 Å². The van der Waals surface area contributed by atoms with Crippen molar-refractivity contribution < 1.29 is 14.3 Å². The van der Waals surface area contributed by atoms with Gasteiger partial charge in [-0.15, -0.1) is 11.6 Å². The third kappa shape index (κ3) is 3.33. The lowest BCUT2D eigenvalue weighted by atomic mass is 10.2. The Labute approximate surface area is 95.5 Å². The van der Waals surface area contributed by atoms with E-state index in [0.29, 0.717) is 26.3 Å². The molecule has 0 bridgehead atoms. The molecule has 5 heteroatoms. The van der Waals surface area contributed by atoms with Crippen LogP contribution in [-0.2, 0) is 14.3 Å². The van der Waals surface area contributed by atoms with E-state index in [0.717, 1.165) is 0 Å². The quantitative estimate of drug-likeness (QED) is 0.664. The Morgan fingerprint density at radius 3 is 2.07 bits per heavy atom. The van der Waals surface area contributed by atoms with Crippen LogP contribution < -0.4 is 0 Å². The van der Waals surface area contributed by atoms with Crippen LogP contribution in [0, 0.1) is 0 Å². The molecule has 0 N–H and O–H groups in total. The summed E-state index contributed by atoms with van der Waals surface area (Å²) in [4.78, 5) is 13.1. The second kappa shape index (κ2) is 6.30. The number of likely N-dealkylation sites (tertiary alicyclic amines) is 1. The third-order valence-corrected chi connectivity index (χ3v) is 2.67. The van der Waals surface area contributed by atoms with Crippen molar-refractivity contribution in [1.29, 1.82) is 0 Å². The van der Waals surface area contributed by atoms with Gasteiger partial charge in [0.2, 0.25) is 5.91 Å². The highest BCUT2D eigenvalue weighted by atomic mass is 35.5. The number of rotatable bonds is 5. The summed E-state index contributed by atoms with van der Waals surface area (Å²) >= 11 is 5.51. The number of nitrogens with zero attached hydrogens (tertiary/aromatic N) is 1. The largest absolute Gasteiger partial charge is 0.374 e. The molecule has 0 radical (unpaired) electrons. The number of ether oxygens (including phenoxy) is 2. The van der Waals surface area contributed by atoms with Crippen LogP contribution in [0.2, 0.25) is 0 Å². The summed E-state index contributed by atoms with van der Waals surface area (Å²) in [7, 11) is 0. The van der Waals surface area contributed by atoms with Crippen molar-refractivity contribution in [3.8, 4) is 0 Å². The lowest BCUT2D eigenvalue weighted by molar-refractivity contribution is -0.128. The molecule has 1 aliphatic heterocycles. The van der Waals surface area contributed by atoms with E-state index in [4.69, 9.17) is 21.1 Å². The number of halogens is 1. The highest BCUT2D eigenvalue weighted by molar-refractivity contribution is 6.27. The Balaban J connectivity index is 2.52. The molecular weight excluding hydrogens is 218 g/mol. The fraction of sp³-hybridized carbons (Fsp3) is 0.900. The van der Waals surface area contributed by atoms with Crippen molar-refractivity contribution >= 4 is 17.5 Å². The molecule has 1 aliphatic rings. The molecule has 1 heterocycles. The van der Waals surface area contributed by atoms with Gasteiger partial charge < -0.3 is 14.4 Å². The summed E-state index contributed by atoms with van der Waals surface area (Å²) in [5, 5.41) is 0. The molecule has 0 saturated carbocycles. The maximum absolute atomic E-state index is 11.4. The fourth-order valence-corrected chi connectivity index (χ4v) is 1.95. The van der Waals surface area contributed by atoms with Crippen molar-refractivity contribution in [2.45, 2.75) is 26.1 Å². The number of hydrogen-bond donors (Lipinski definition) is 0. The molecule has 0 aliphatic carbocycles. The Morgan fingerprint density at radius 2 is 1.73 bits per heavy atom. The molecule has 0 aromatic carbocycles. The standard InChI is InChI=1S/C10H18ClNO3/c1-3-14-8-6-12(10(13)5-11)7-9(8)15-4-2/h8-9H,3-7H2,1-2H3. The highest BCUT2D eigenvalue weighted by Crippen LogP contribution is 2.17. The molecule has 1 fully saturated rings. The van der Waals surface area contributed by atoms with Crippen LogP contribution in [0.25, 0.3) is 0 Å². The van der Waals surface area contributed by atoms with Gasteiger partial charge in [-0.2, -0.15) is 0 Å². The van der Waals surface area contributed by atoms with Crippen molar-refractivity contribution in [3.05, 3.63) is 0 Å². The minimum Gasteiger partial charge on any atom is -0.374 e. The van der Waals surface area contributed by atoms with Crippen LogP contribution >= 0.6 is 11.6 Å². The van der Waals surface area contributed by atoms with Crippen LogP contribution in [0.1, 0.15) is 13.8 Å². The summed E-state index contributed by atoms with van der Waals surface area (Å²) in [5.41, 5.74) is 0. The highest BCUT2D eigenvalue weighted by Gasteiger charge is 2.35. The molecule has 1 rings (SSSR count). The smallest absolute Gasteiger partial charge is 0.237 e. The first-order valence-electron chi connectivity index (χ1n) is 5.29. The molecule has 1 amide bonds. The van der Waals surface area contributed by atoms with E-state index < -0.39 is 0 Å². The first-order valence-corrected chi connectivity index (χ1v) is 5.83. The van der Waals surface area contributed by atoms with Gasteiger partial charge in [0.25, 0.3) is 0 Å². The molecule has 15 heavy (non-hydrogen) atoms. The summed E-state index contributed by atoms with van der Waals surface area (Å²) < 4.78 is 11.1. The van der Waals surface area contributed by atoms with Crippen molar-refractivity contribution in [1.82, 2.24) is 4.90 Å². The van der Waals surface area contributed by atoms with E-state index in [1.807, 2.05) is 13.8 Å². The predicted octanol–water partition coefficient (Wildman–Crippen LogP) is 0.878. The molecular formula is C10H18ClNO3. The van der Waals surface area contributed by atoms with Crippen molar-refractivity contribution in [2.75, 3.05) is 32.2 Å². The molecule has 4 nitrogen and oxygen atoms in total. The van der Waals surface area contributed by atoms with Gasteiger partial charge in [0.15, 0.2) is 0 Å². The monoisotopic (exact) mass is 235 g/mol. The fourth-order valence-electron chi connectivity index (χ4n) is 1.78. The second-order valence-electron chi connectivity index (χ2n) is 3.42. The molecule has 0 aromatic heterocycles. The van der Waals surface area contributed by atoms with Crippen LogP contribution in [0.5, 0.6) is 0 Å². The molecule has 2 atom stereocenters. The Morgan fingerprint density at radius 1 is 1.27 bits per heavy atom. The van der Waals surface area contributed by atoms with E-state index in [-0.39, 0.29) is 24.0 Å². The minimum atomic E-state index is -0.0522. The second-order valence-corrected chi connectivity index (χ2v) is 3.69. The van der Waals surface area contributed by atoms with Gasteiger partial charge in [0.1, 0.15) is 18.1 Å². The summed E-state index contributed by atoms with van der Waals surface area (Å²) in [6, 6.07) is 0. The predicted molar refractivity (Wildman–Crippen MR) is 58.1 cm³/mol. The maximum Gasteiger partial charge on any atom is 0.237 e. The zero-order valence-corrected chi connectivity index (χ0v) is 10.00. The van der Waals surface area contributed by atoms with Crippen LogP contribution in [0.15, 0.2) is 0 Å². The Bertz CT molecular complexity index is 199. The van der Waals surface area contributed by atoms with E-state index in [1.165, 1.54) is 0 Å². The first-order chi connectivity index (χ1) is 7.22. The van der Waals surface area contributed by atoms with Crippen LogP contribution in [0.4, 0.5) is 0 Å². The zero-order chi connectivity index (χ0) is 11.3. The van der Waals surface area contributed by atoms with Crippen molar-refractivity contribution in [3.63, 3.8) is 0 Å². The Kier molecular flexibility index (Phi) is 5.36. The molecule has 0 aromatic rings. The summed E-state index contributed by atoms with van der Waals surface area (Å²) in [5.74, 6) is -0.0268.